The van der Waals surface area contributed by atoms with Crippen molar-refractivity contribution in [2.24, 2.45) is 0 Å². The molecule has 1 saturated heterocycles. The number of ether oxygens (including phenoxy) is 1. The molecule has 0 radical (unpaired) electrons. The number of nitrogens with one attached hydrogen (secondary N) is 1. The van der Waals surface area contributed by atoms with Gasteiger partial charge in [-0.1, -0.05) is 35.3 Å². The van der Waals surface area contributed by atoms with Gasteiger partial charge >= 0.3 is 0 Å². The second-order valence-electron chi connectivity index (χ2n) is 7.31. The zero-order valence-corrected chi connectivity index (χ0v) is 19.3. The standard InChI is InChI=1S/C24H20Cl2N4O.ClH/c25-16-5-10-19(21(26)15-16)23-28-22-4-2-1-3-20(22)24(29-23)27-17-6-8-18(9-7-17)30-11-13-31-14-12-30;/h1-10,15H,11-14H2,(H,27,28,29);1H/p-1. The molecule has 3 aromatic carbocycles. The Morgan fingerprint density at radius 2 is 1.62 bits per heavy atom. The van der Waals surface area contributed by atoms with Gasteiger partial charge in [-0.2, -0.15) is 0 Å². The van der Waals surface area contributed by atoms with Crippen molar-refractivity contribution in [2.45, 2.75) is 0 Å². The molecule has 32 heavy (non-hydrogen) atoms. The number of aromatic nitrogens is 2. The van der Waals surface area contributed by atoms with Crippen LogP contribution in [-0.2, 0) is 4.74 Å². The van der Waals surface area contributed by atoms with Crippen LogP contribution >= 0.6 is 23.2 Å². The minimum absolute atomic E-state index is 0. The number of benzene rings is 3. The maximum absolute atomic E-state index is 6.42. The molecule has 164 valence electrons. The van der Waals surface area contributed by atoms with E-state index in [0.717, 1.165) is 54.3 Å². The van der Waals surface area contributed by atoms with Gasteiger partial charge in [-0.3, -0.25) is 0 Å². The van der Waals surface area contributed by atoms with Crippen molar-refractivity contribution in [3.63, 3.8) is 0 Å². The number of morpholine rings is 1. The van der Waals surface area contributed by atoms with Crippen LogP contribution < -0.4 is 22.6 Å². The van der Waals surface area contributed by atoms with Gasteiger partial charge in [0.15, 0.2) is 5.82 Å². The first-order chi connectivity index (χ1) is 15.2. The van der Waals surface area contributed by atoms with Crippen molar-refractivity contribution in [1.29, 1.82) is 0 Å². The molecule has 1 fully saturated rings. The molecule has 0 spiro atoms. The summed E-state index contributed by atoms with van der Waals surface area (Å²) < 4.78 is 5.44. The maximum Gasteiger partial charge on any atom is 0.163 e. The summed E-state index contributed by atoms with van der Waals surface area (Å²) in [6, 6.07) is 21.6. The number of anilines is 3. The van der Waals surface area contributed by atoms with Crippen molar-refractivity contribution in [1.82, 2.24) is 9.97 Å². The minimum Gasteiger partial charge on any atom is -1.00 e. The molecule has 8 heteroatoms. The molecule has 0 aliphatic carbocycles. The third-order valence-electron chi connectivity index (χ3n) is 5.28. The highest BCUT2D eigenvalue weighted by atomic mass is 35.5. The molecule has 5 rings (SSSR count). The van der Waals surface area contributed by atoms with E-state index >= 15 is 0 Å². The predicted molar refractivity (Wildman–Crippen MR) is 128 cm³/mol. The Morgan fingerprint density at radius 3 is 2.38 bits per heavy atom. The molecule has 4 aromatic rings. The summed E-state index contributed by atoms with van der Waals surface area (Å²) in [5.74, 6) is 1.28. The molecule has 1 aromatic heterocycles. The molecule has 0 bridgehead atoms. The quantitative estimate of drug-likeness (QED) is 0.480. The summed E-state index contributed by atoms with van der Waals surface area (Å²) in [6.45, 7) is 3.36. The summed E-state index contributed by atoms with van der Waals surface area (Å²) in [7, 11) is 0. The smallest absolute Gasteiger partial charge is 0.163 e. The van der Waals surface area contributed by atoms with E-state index in [1.54, 1.807) is 12.1 Å². The van der Waals surface area contributed by atoms with E-state index in [-0.39, 0.29) is 12.4 Å². The molecule has 0 unspecified atom stereocenters. The van der Waals surface area contributed by atoms with Crippen LogP contribution in [0.4, 0.5) is 17.2 Å². The van der Waals surface area contributed by atoms with Gasteiger partial charge in [0.05, 0.1) is 23.8 Å². The highest BCUT2D eigenvalue weighted by Gasteiger charge is 2.14. The number of fused-ring (bicyclic) bond motifs is 1. The summed E-state index contributed by atoms with van der Waals surface area (Å²) in [5, 5.41) is 5.49. The summed E-state index contributed by atoms with van der Waals surface area (Å²) in [5.41, 5.74) is 3.72. The zero-order valence-electron chi connectivity index (χ0n) is 17.1. The lowest BCUT2D eigenvalue weighted by molar-refractivity contribution is -0.00000676. The number of nitrogens with zero attached hydrogens (tertiary/aromatic N) is 3. The second kappa shape index (κ2) is 9.92. The van der Waals surface area contributed by atoms with Crippen LogP contribution in [0.25, 0.3) is 22.3 Å². The van der Waals surface area contributed by atoms with Crippen LogP contribution in [0.2, 0.25) is 10.0 Å². The molecule has 1 N–H and O–H groups in total. The highest BCUT2D eigenvalue weighted by Crippen LogP contribution is 2.32. The third-order valence-corrected chi connectivity index (χ3v) is 5.83. The predicted octanol–water partition coefficient (Wildman–Crippen LogP) is 3.19. The summed E-state index contributed by atoms with van der Waals surface area (Å²) in [6.07, 6.45) is 0. The van der Waals surface area contributed by atoms with Crippen LogP contribution in [0.15, 0.2) is 66.7 Å². The fourth-order valence-corrected chi connectivity index (χ4v) is 4.17. The largest absolute Gasteiger partial charge is 1.00 e. The molecule has 1 aliphatic rings. The average Bonchev–Trinajstić information content (AvgIpc) is 2.80. The number of para-hydroxylation sites is 1. The minimum atomic E-state index is 0. The Hall–Kier alpha value is -2.57. The van der Waals surface area contributed by atoms with Crippen LogP contribution in [-0.4, -0.2) is 36.3 Å². The highest BCUT2D eigenvalue weighted by molar-refractivity contribution is 6.36. The van der Waals surface area contributed by atoms with E-state index in [9.17, 15) is 0 Å². The average molecular weight is 487 g/mol. The Kier molecular flexibility index (Phi) is 7.01. The van der Waals surface area contributed by atoms with Crippen molar-refractivity contribution in [3.05, 3.63) is 76.8 Å². The van der Waals surface area contributed by atoms with E-state index in [2.05, 4.69) is 34.5 Å². The van der Waals surface area contributed by atoms with Crippen LogP contribution in [0.3, 0.4) is 0 Å². The first-order valence-electron chi connectivity index (χ1n) is 10.1. The fraction of sp³-hybridized carbons (Fsp3) is 0.167. The van der Waals surface area contributed by atoms with Gasteiger partial charge in [-0.25, -0.2) is 9.97 Å². The molecule has 2 heterocycles. The summed E-state index contributed by atoms with van der Waals surface area (Å²) in [4.78, 5) is 11.8. The van der Waals surface area contributed by atoms with Crippen molar-refractivity contribution >= 4 is 51.3 Å². The first kappa shape index (κ1) is 22.6. The molecule has 0 atom stereocenters. The van der Waals surface area contributed by atoms with Gasteiger partial charge in [-0.05, 0) is 54.6 Å². The third kappa shape index (κ3) is 4.76. The lowest BCUT2D eigenvalue weighted by Gasteiger charge is -2.28. The van der Waals surface area contributed by atoms with E-state index in [1.165, 1.54) is 5.69 Å². The van der Waals surface area contributed by atoms with Crippen LogP contribution in [0.1, 0.15) is 0 Å². The Labute approximate surface area is 202 Å². The second-order valence-corrected chi connectivity index (χ2v) is 8.15. The van der Waals surface area contributed by atoms with Gasteiger partial charge in [0.25, 0.3) is 0 Å². The molecule has 0 saturated carbocycles. The van der Waals surface area contributed by atoms with E-state index < -0.39 is 0 Å². The first-order valence-corrected chi connectivity index (χ1v) is 10.8. The number of halogens is 3. The van der Waals surface area contributed by atoms with Crippen molar-refractivity contribution in [2.75, 3.05) is 36.5 Å². The van der Waals surface area contributed by atoms with Crippen molar-refractivity contribution in [3.8, 4) is 11.4 Å². The molecular weight excluding hydrogens is 467 g/mol. The lowest BCUT2D eigenvalue weighted by Crippen LogP contribution is -3.00. The van der Waals surface area contributed by atoms with Gasteiger partial charge in [0, 0.05) is 40.4 Å². The van der Waals surface area contributed by atoms with Crippen LogP contribution in [0, 0.1) is 0 Å². The molecule has 0 amide bonds. The van der Waals surface area contributed by atoms with Gasteiger partial charge < -0.3 is 27.4 Å². The zero-order chi connectivity index (χ0) is 21.2. The number of hydrogen-bond donors (Lipinski definition) is 1. The SMILES string of the molecule is Clc1ccc(-c2nc(Nc3ccc(N4CCOCC4)cc3)c3ccccc3n2)c(Cl)c1.[Cl-]. The molecule has 5 nitrogen and oxygen atoms in total. The number of hydrogen-bond acceptors (Lipinski definition) is 5. The molecular formula is C24H20Cl3N4O-. The van der Waals surface area contributed by atoms with Crippen LogP contribution in [0.5, 0.6) is 0 Å². The van der Waals surface area contributed by atoms with E-state index in [1.807, 2.05) is 30.3 Å². The summed E-state index contributed by atoms with van der Waals surface area (Å²) >= 11 is 12.5. The van der Waals surface area contributed by atoms with Gasteiger partial charge in [0.1, 0.15) is 5.82 Å². The van der Waals surface area contributed by atoms with E-state index in [4.69, 9.17) is 37.9 Å². The fourth-order valence-electron chi connectivity index (χ4n) is 3.68. The van der Waals surface area contributed by atoms with Gasteiger partial charge in [0.2, 0.25) is 0 Å². The Morgan fingerprint density at radius 1 is 0.875 bits per heavy atom. The Bertz CT molecular complexity index is 1230. The maximum atomic E-state index is 6.42. The number of rotatable bonds is 4. The van der Waals surface area contributed by atoms with Gasteiger partial charge in [-0.15, -0.1) is 0 Å². The lowest BCUT2D eigenvalue weighted by atomic mass is 10.1. The van der Waals surface area contributed by atoms with Crippen molar-refractivity contribution < 1.29 is 17.1 Å². The van der Waals surface area contributed by atoms with E-state index in [0.29, 0.717) is 15.9 Å². The molecule has 1 aliphatic heterocycles. The monoisotopic (exact) mass is 485 g/mol. The topological polar surface area (TPSA) is 50.3 Å². The normalized spacial score (nSPS) is 13.6. The Balaban J connectivity index is 0.00000245.